The van der Waals surface area contributed by atoms with E-state index in [1.807, 2.05) is 0 Å². The molecule has 0 spiro atoms. The van der Waals surface area contributed by atoms with Crippen LogP contribution in [0.15, 0.2) is 18.2 Å². The van der Waals surface area contributed by atoms with Crippen molar-refractivity contribution in [2.75, 3.05) is 0 Å². The topological polar surface area (TPSA) is 37.3 Å². The van der Waals surface area contributed by atoms with E-state index < -0.39 is 11.8 Å². The molecule has 2 nitrogen and oxygen atoms in total. The molecule has 0 aromatic heterocycles. The third kappa shape index (κ3) is 5.63. The molecule has 0 bridgehead atoms. The number of unbranched alkanes of at least 4 members (excludes halogenated alkanes) is 2. The number of hydrogen-bond donors (Lipinski definition) is 1. The predicted molar refractivity (Wildman–Crippen MR) is 91.3 cm³/mol. The lowest BCUT2D eigenvalue weighted by Gasteiger charge is -2.28. The molecule has 0 atom stereocenters. The molecule has 128 valence electrons. The van der Waals surface area contributed by atoms with E-state index in [0.29, 0.717) is 0 Å². The second kappa shape index (κ2) is 9.05. The van der Waals surface area contributed by atoms with Crippen LogP contribution in [0, 0.1) is 17.7 Å². The van der Waals surface area contributed by atoms with Gasteiger partial charge in [0, 0.05) is 0 Å². The van der Waals surface area contributed by atoms with Gasteiger partial charge in [-0.05, 0) is 42.4 Å². The molecule has 1 aromatic carbocycles. The monoisotopic (exact) mass is 320 g/mol. The molecule has 1 aliphatic carbocycles. The van der Waals surface area contributed by atoms with E-state index in [0.717, 1.165) is 30.2 Å². The Morgan fingerprint density at radius 3 is 2.35 bits per heavy atom. The van der Waals surface area contributed by atoms with E-state index in [1.54, 1.807) is 6.07 Å². The number of carbonyl (C=O) groups is 1. The first-order chi connectivity index (χ1) is 11.1. The van der Waals surface area contributed by atoms with Crippen LogP contribution < -0.4 is 0 Å². The van der Waals surface area contributed by atoms with Crippen LogP contribution in [0.1, 0.15) is 80.6 Å². The van der Waals surface area contributed by atoms with Crippen molar-refractivity contribution in [3.8, 4) is 0 Å². The zero-order chi connectivity index (χ0) is 16.7. The van der Waals surface area contributed by atoms with E-state index in [4.69, 9.17) is 5.11 Å². The molecular weight excluding hydrogens is 291 g/mol. The SMILES string of the molecule is CCCCCC1CCC(CCc2ccc(C(=O)O)c(F)c2)CC1. The molecule has 2 rings (SSSR count). The van der Waals surface area contributed by atoms with Crippen LogP contribution in [0.3, 0.4) is 0 Å². The molecule has 0 heterocycles. The lowest BCUT2D eigenvalue weighted by Crippen LogP contribution is -2.15. The van der Waals surface area contributed by atoms with Gasteiger partial charge in [-0.3, -0.25) is 0 Å². The van der Waals surface area contributed by atoms with Crippen molar-refractivity contribution >= 4 is 5.97 Å². The quantitative estimate of drug-likeness (QED) is 0.611. The molecule has 1 saturated carbocycles. The Kier molecular flexibility index (Phi) is 7.07. The summed E-state index contributed by atoms with van der Waals surface area (Å²) in [6.07, 6.45) is 12.7. The van der Waals surface area contributed by atoms with Gasteiger partial charge in [-0.1, -0.05) is 64.4 Å². The molecule has 0 saturated heterocycles. The summed E-state index contributed by atoms with van der Waals surface area (Å²) in [5.41, 5.74) is 0.680. The molecule has 1 fully saturated rings. The fraction of sp³-hybridized carbons (Fsp3) is 0.650. The summed E-state index contributed by atoms with van der Waals surface area (Å²) in [5.74, 6) is -0.144. The average molecular weight is 320 g/mol. The van der Waals surface area contributed by atoms with Gasteiger partial charge >= 0.3 is 5.97 Å². The summed E-state index contributed by atoms with van der Waals surface area (Å²) in [4.78, 5) is 10.8. The maximum atomic E-state index is 13.7. The van der Waals surface area contributed by atoms with Crippen molar-refractivity contribution in [2.45, 2.75) is 71.1 Å². The van der Waals surface area contributed by atoms with Crippen LogP contribution in [0.25, 0.3) is 0 Å². The molecule has 0 aliphatic heterocycles. The van der Waals surface area contributed by atoms with Crippen LogP contribution in [-0.4, -0.2) is 11.1 Å². The zero-order valence-electron chi connectivity index (χ0n) is 14.2. The summed E-state index contributed by atoms with van der Waals surface area (Å²) in [5, 5.41) is 8.85. The minimum absolute atomic E-state index is 0.235. The average Bonchev–Trinajstić information content (AvgIpc) is 2.54. The molecule has 0 amide bonds. The van der Waals surface area contributed by atoms with E-state index in [9.17, 15) is 9.18 Å². The number of rotatable bonds is 8. The zero-order valence-corrected chi connectivity index (χ0v) is 14.2. The van der Waals surface area contributed by atoms with Crippen molar-refractivity contribution in [2.24, 2.45) is 11.8 Å². The van der Waals surface area contributed by atoms with Crippen LogP contribution in [0.4, 0.5) is 4.39 Å². The molecule has 0 radical (unpaired) electrons. The number of aryl methyl sites for hydroxylation is 1. The standard InChI is InChI=1S/C20H29FO2/c1-2-3-4-5-15-6-8-16(9-7-15)10-11-17-12-13-18(20(22)23)19(21)14-17/h12-16H,2-11H2,1H3,(H,22,23). The van der Waals surface area contributed by atoms with Gasteiger partial charge in [-0.2, -0.15) is 0 Å². The van der Waals surface area contributed by atoms with Crippen LogP contribution >= 0.6 is 0 Å². The first-order valence-corrected chi connectivity index (χ1v) is 9.11. The second-order valence-electron chi connectivity index (χ2n) is 7.04. The highest BCUT2D eigenvalue weighted by atomic mass is 19.1. The minimum Gasteiger partial charge on any atom is -0.478 e. The van der Waals surface area contributed by atoms with Crippen molar-refractivity contribution in [1.82, 2.24) is 0 Å². The lowest BCUT2D eigenvalue weighted by atomic mass is 9.78. The molecule has 0 unspecified atom stereocenters. The summed E-state index contributed by atoms with van der Waals surface area (Å²) >= 11 is 0. The lowest BCUT2D eigenvalue weighted by molar-refractivity contribution is 0.0692. The number of carboxylic acids is 1. The van der Waals surface area contributed by atoms with Crippen molar-refractivity contribution in [3.63, 3.8) is 0 Å². The molecule has 23 heavy (non-hydrogen) atoms. The summed E-state index contributed by atoms with van der Waals surface area (Å²) in [6, 6.07) is 4.53. The maximum absolute atomic E-state index is 13.7. The van der Waals surface area contributed by atoms with Gasteiger partial charge in [0.05, 0.1) is 5.56 Å². The molecule has 1 N–H and O–H groups in total. The van der Waals surface area contributed by atoms with Crippen molar-refractivity contribution < 1.29 is 14.3 Å². The summed E-state index contributed by atoms with van der Waals surface area (Å²) in [6.45, 7) is 2.25. The molecule has 1 aromatic rings. The van der Waals surface area contributed by atoms with Crippen LogP contribution in [0.5, 0.6) is 0 Å². The maximum Gasteiger partial charge on any atom is 0.338 e. The van der Waals surface area contributed by atoms with Crippen molar-refractivity contribution in [1.29, 1.82) is 0 Å². The van der Waals surface area contributed by atoms with Gasteiger partial charge in [0.15, 0.2) is 0 Å². The Balaban J connectivity index is 1.73. The predicted octanol–water partition coefficient (Wildman–Crippen LogP) is 5.84. The third-order valence-electron chi connectivity index (χ3n) is 5.29. The Hall–Kier alpha value is -1.38. The first-order valence-electron chi connectivity index (χ1n) is 9.11. The number of halogens is 1. The Morgan fingerprint density at radius 1 is 1.13 bits per heavy atom. The highest BCUT2D eigenvalue weighted by Crippen LogP contribution is 2.34. The highest BCUT2D eigenvalue weighted by molar-refractivity contribution is 5.87. The molecule has 3 heteroatoms. The van der Waals surface area contributed by atoms with Gasteiger partial charge in [0.1, 0.15) is 5.82 Å². The van der Waals surface area contributed by atoms with E-state index in [1.165, 1.54) is 63.5 Å². The number of carboxylic acid groups (broad SMARTS) is 1. The third-order valence-corrected chi connectivity index (χ3v) is 5.29. The van der Waals surface area contributed by atoms with Crippen LogP contribution in [0.2, 0.25) is 0 Å². The highest BCUT2D eigenvalue weighted by Gasteiger charge is 2.20. The van der Waals surface area contributed by atoms with Gasteiger partial charge in [-0.25, -0.2) is 9.18 Å². The summed E-state index contributed by atoms with van der Waals surface area (Å²) in [7, 11) is 0. The van der Waals surface area contributed by atoms with Gasteiger partial charge in [0.2, 0.25) is 0 Å². The van der Waals surface area contributed by atoms with Gasteiger partial charge in [-0.15, -0.1) is 0 Å². The number of benzene rings is 1. The fourth-order valence-electron chi connectivity index (χ4n) is 3.75. The second-order valence-corrected chi connectivity index (χ2v) is 7.04. The fourth-order valence-corrected chi connectivity index (χ4v) is 3.75. The number of hydrogen-bond acceptors (Lipinski definition) is 1. The van der Waals surface area contributed by atoms with Gasteiger partial charge in [0.25, 0.3) is 0 Å². The largest absolute Gasteiger partial charge is 0.478 e. The van der Waals surface area contributed by atoms with Crippen LogP contribution in [-0.2, 0) is 6.42 Å². The van der Waals surface area contributed by atoms with E-state index in [-0.39, 0.29) is 5.56 Å². The smallest absolute Gasteiger partial charge is 0.338 e. The van der Waals surface area contributed by atoms with E-state index in [2.05, 4.69) is 6.92 Å². The summed E-state index contributed by atoms with van der Waals surface area (Å²) < 4.78 is 13.7. The Morgan fingerprint density at radius 2 is 1.78 bits per heavy atom. The van der Waals surface area contributed by atoms with Crippen molar-refractivity contribution in [3.05, 3.63) is 35.1 Å². The number of aromatic carboxylic acids is 1. The van der Waals surface area contributed by atoms with Gasteiger partial charge < -0.3 is 5.11 Å². The first kappa shape index (κ1) is 18.0. The Labute approximate surface area is 139 Å². The molecular formula is C20H29FO2. The minimum atomic E-state index is -1.20. The normalized spacial score (nSPS) is 21.3. The molecule has 1 aliphatic rings. The van der Waals surface area contributed by atoms with E-state index >= 15 is 0 Å². The Bertz CT molecular complexity index is 504.